The number of rotatable bonds is 4. The maximum atomic E-state index is 14.2. The van der Waals surface area contributed by atoms with Crippen LogP contribution in [0.15, 0.2) is 53.4 Å². The maximum Gasteiger partial charge on any atom is 0.394 e. The van der Waals surface area contributed by atoms with Crippen molar-refractivity contribution in [1.82, 2.24) is 14.9 Å². The Kier molecular flexibility index (Phi) is 7.73. The first kappa shape index (κ1) is 30.8. The molecule has 12 heteroatoms. The molecule has 43 heavy (non-hydrogen) atoms. The largest absolute Gasteiger partial charge is 0.475 e. The molecule has 1 aromatic heterocycles. The summed E-state index contributed by atoms with van der Waals surface area (Å²) in [5.41, 5.74) is 0.0464. The molecular formula is C31H37F3N4O4S. The van der Waals surface area contributed by atoms with Crippen molar-refractivity contribution >= 4 is 21.9 Å². The number of carbonyl (C=O) groups is 1. The third-order valence-electron chi connectivity index (χ3n) is 8.59. The average molecular weight is 619 g/mol. The first-order valence-corrected chi connectivity index (χ1v) is 15.6. The zero-order valence-corrected chi connectivity index (χ0v) is 25.6. The summed E-state index contributed by atoms with van der Waals surface area (Å²) in [6.07, 6.45) is -2.98. The fourth-order valence-corrected chi connectivity index (χ4v) is 6.89. The molecule has 4 bridgehead atoms. The summed E-state index contributed by atoms with van der Waals surface area (Å²) >= 11 is 0. The molecule has 0 radical (unpaired) electrons. The summed E-state index contributed by atoms with van der Waals surface area (Å²) in [5, 5.41) is 0. The number of anilines is 1. The van der Waals surface area contributed by atoms with Crippen LogP contribution < -0.4 is 9.46 Å². The molecule has 3 aromatic rings. The molecule has 1 atom stereocenters. The lowest BCUT2D eigenvalue weighted by molar-refractivity contribution is -0.219. The van der Waals surface area contributed by atoms with Crippen molar-refractivity contribution in [3.8, 4) is 17.1 Å². The van der Waals surface area contributed by atoms with Gasteiger partial charge in [-0.05, 0) is 75.8 Å². The van der Waals surface area contributed by atoms with E-state index in [0.717, 1.165) is 37.0 Å². The zero-order chi connectivity index (χ0) is 31.4. The van der Waals surface area contributed by atoms with Crippen molar-refractivity contribution in [1.29, 1.82) is 0 Å². The van der Waals surface area contributed by atoms with Crippen molar-refractivity contribution in [2.75, 3.05) is 11.3 Å². The van der Waals surface area contributed by atoms with Gasteiger partial charge < -0.3 is 9.64 Å². The molecule has 1 N–H and O–H groups in total. The van der Waals surface area contributed by atoms with Gasteiger partial charge in [0.25, 0.3) is 15.9 Å². The fraction of sp³-hybridized carbons (Fsp3) is 0.452. The van der Waals surface area contributed by atoms with Crippen LogP contribution in [0.5, 0.6) is 5.88 Å². The van der Waals surface area contributed by atoms with Crippen molar-refractivity contribution < 1.29 is 32.5 Å². The average Bonchev–Trinajstić information content (AvgIpc) is 2.89. The van der Waals surface area contributed by atoms with Gasteiger partial charge in [0, 0.05) is 24.2 Å². The van der Waals surface area contributed by atoms with Crippen LogP contribution in [0.3, 0.4) is 0 Å². The molecule has 8 nitrogen and oxygen atoms in total. The highest BCUT2D eigenvalue weighted by Gasteiger charge is 2.52. The third kappa shape index (κ3) is 5.93. The van der Waals surface area contributed by atoms with E-state index in [9.17, 15) is 26.4 Å². The summed E-state index contributed by atoms with van der Waals surface area (Å²) in [7, 11) is -4.26. The Morgan fingerprint density at radius 2 is 1.72 bits per heavy atom. The molecule has 1 aliphatic heterocycles. The van der Waals surface area contributed by atoms with Gasteiger partial charge in [0.2, 0.25) is 11.8 Å². The quantitative estimate of drug-likeness (QED) is 0.340. The molecule has 0 saturated heterocycles. The minimum Gasteiger partial charge on any atom is -0.475 e. The minimum absolute atomic E-state index is 0. The number of aryl methyl sites for hydroxylation is 2. The van der Waals surface area contributed by atoms with E-state index in [4.69, 9.17) is 4.74 Å². The van der Waals surface area contributed by atoms with Crippen molar-refractivity contribution in [2.24, 2.45) is 5.41 Å². The molecule has 2 heterocycles. The van der Waals surface area contributed by atoms with Crippen LogP contribution in [0.4, 0.5) is 19.1 Å². The van der Waals surface area contributed by atoms with Crippen LogP contribution in [0.25, 0.3) is 11.3 Å². The Morgan fingerprint density at radius 1 is 1.07 bits per heavy atom. The first-order valence-electron chi connectivity index (χ1n) is 14.1. The molecule has 1 saturated carbocycles. The molecule has 0 unspecified atom stereocenters. The van der Waals surface area contributed by atoms with Gasteiger partial charge in [-0.3, -0.25) is 4.79 Å². The molecule has 1 amide bonds. The number of hydrogen-bond donors (Lipinski definition) is 1. The number of ether oxygens (including phenoxy) is 1. The molecule has 0 spiro atoms. The van der Waals surface area contributed by atoms with Gasteiger partial charge in [0.1, 0.15) is 6.61 Å². The zero-order valence-electron chi connectivity index (χ0n) is 24.7. The molecular weight excluding hydrogens is 581 g/mol. The number of nitrogens with one attached hydrogen (secondary N) is 1. The Morgan fingerprint density at radius 3 is 2.33 bits per heavy atom. The van der Waals surface area contributed by atoms with Crippen molar-refractivity contribution in [3.63, 3.8) is 0 Å². The number of aromatic nitrogens is 2. The summed E-state index contributed by atoms with van der Waals surface area (Å²) in [6.45, 7) is 7.56. The SMILES string of the molecule is Cc1cccc(C)c1-c1cc2nc(n1)NS(=O)(=O)c1cccc(c1)C(=O)N(C1(C)CCC1)[C@H](CC(C)(C)C(F)(F)F)CO2.[HH]. The number of sulfonamides is 1. The van der Waals surface area contributed by atoms with Crippen molar-refractivity contribution in [3.05, 3.63) is 65.2 Å². The standard InChI is InChI=1S/C31H35F3N4O4S.H2/c1-19-9-6-10-20(2)26(19)24-16-25-36-28(35-24)37-43(40,41)23-12-7-11-21(15-23)27(39)38(30(5)13-8-14-30)22(18-42-25)17-29(3,4)31(32,33)34;/h6-7,9-12,15-16,22H,8,13-14,17-18H2,1-5H3,(H,35,36,37);1H/t22-;/m1./s1. The van der Waals surface area contributed by atoms with E-state index in [1.807, 2.05) is 39.0 Å². The van der Waals surface area contributed by atoms with Crippen LogP contribution in [0.2, 0.25) is 0 Å². The van der Waals surface area contributed by atoms with E-state index < -0.39 is 45.5 Å². The van der Waals surface area contributed by atoms with Gasteiger partial charge in [0.15, 0.2) is 0 Å². The van der Waals surface area contributed by atoms with E-state index in [0.29, 0.717) is 18.5 Å². The van der Waals surface area contributed by atoms with E-state index in [2.05, 4.69) is 14.7 Å². The molecule has 1 fully saturated rings. The lowest BCUT2D eigenvalue weighted by Crippen LogP contribution is -2.61. The fourth-order valence-electron chi connectivity index (χ4n) is 5.90. The second kappa shape index (κ2) is 10.8. The highest BCUT2D eigenvalue weighted by Crippen LogP contribution is 2.46. The second-order valence-corrected chi connectivity index (χ2v) is 14.1. The molecule has 2 aliphatic rings. The predicted octanol–water partition coefficient (Wildman–Crippen LogP) is 6.93. The van der Waals surface area contributed by atoms with Gasteiger partial charge in [-0.25, -0.2) is 18.1 Å². The smallest absolute Gasteiger partial charge is 0.394 e. The van der Waals surface area contributed by atoms with Crippen LogP contribution in [0, 0.1) is 19.3 Å². The van der Waals surface area contributed by atoms with Crippen molar-refractivity contribution in [2.45, 2.75) is 83.0 Å². The highest BCUT2D eigenvalue weighted by atomic mass is 32.2. The van der Waals surface area contributed by atoms with E-state index >= 15 is 0 Å². The lowest BCUT2D eigenvalue weighted by atomic mass is 9.74. The first-order chi connectivity index (χ1) is 20.0. The number of halogens is 3. The number of nitrogens with zero attached hydrogens (tertiary/aromatic N) is 3. The number of amides is 1. The van der Waals surface area contributed by atoms with Gasteiger partial charge in [-0.15, -0.1) is 0 Å². The number of fused-ring (bicyclic) bond motifs is 4. The van der Waals surface area contributed by atoms with Gasteiger partial charge >= 0.3 is 6.18 Å². The van der Waals surface area contributed by atoms with E-state index in [1.165, 1.54) is 35.2 Å². The number of alkyl halides is 3. The minimum atomic E-state index is -4.54. The van der Waals surface area contributed by atoms with Crippen LogP contribution >= 0.6 is 0 Å². The van der Waals surface area contributed by atoms with E-state index in [-0.39, 0.29) is 30.3 Å². The summed E-state index contributed by atoms with van der Waals surface area (Å²) in [4.78, 5) is 24.2. The lowest BCUT2D eigenvalue weighted by Gasteiger charge is -2.52. The summed E-state index contributed by atoms with van der Waals surface area (Å²) in [5.74, 6) is -0.850. The number of hydrogen-bond acceptors (Lipinski definition) is 6. The van der Waals surface area contributed by atoms with Crippen LogP contribution in [0.1, 0.15) is 69.4 Å². The Balaban J connectivity index is 0.00000442. The van der Waals surface area contributed by atoms with Gasteiger partial charge in [-0.2, -0.15) is 18.2 Å². The molecule has 2 aromatic carbocycles. The van der Waals surface area contributed by atoms with E-state index in [1.54, 1.807) is 0 Å². The van der Waals surface area contributed by atoms with Crippen LogP contribution in [-0.2, 0) is 10.0 Å². The monoisotopic (exact) mass is 618 g/mol. The topological polar surface area (TPSA) is 101 Å². The molecule has 5 rings (SSSR count). The number of benzene rings is 2. The Labute approximate surface area is 251 Å². The number of carbonyl (C=O) groups excluding carboxylic acids is 1. The summed E-state index contributed by atoms with van der Waals surface area (Å²) in [6, 6.07) is 11.7. The second-order valence-electron chi connectivity index (χ2n) is 12.4. The Hall–Kier alpha value is -3.67. The molecule has 232 valence electrons. The highest BCUT2D eigenvalue weighted by molar-refractivity contribution is 7.92. The summed E-state index contributed by atoms with van der Waals surface area (Å²) < 4.78 is 78.1. The van der Waals surface area contributed by atoms with Gasteiger partial charge in [-0.1, -0.05) is 38.1 Å². The predicted molar refractivity (Wildman–Crippen MR) is 158 cm³/mol. The maximum absolute atomic E-state index is 14.2. The molecule has 1 aliphatic carbocycles. The van der Waals surface area contributed by atoms with Gasteiger partial charge in [0.05, 0.1) is 22.0 Å². The van der Waals surface area contributed by atoms with Crippen LogP contribution in [-0.4, -0.2) is 53.6 Å². The normalized spacial score (nSPS) is 20.0. The third-order valence-corrected chi connectivity index (χ3v) is 9.92. The Bertz CT molecular complexity index is 1660.